The zero-order chi connectivity index (χ0) is 14.1. The quantitative estimate of drug-likeness (QED) is 0.488. The van der Waals surface area contributed by atoms with Gasteiger partial charge in [-0.15, -0.1) is 0 Å². The molecule has 2 atom stereocenters. The normalized spacial score (nSPS) is 25.4. The predicted octanol–water partition coefficient (Wildman–Crippen LogP) is 5.04. The Morgan fingerprint density at radius 3 is 1.89 bits per heavy atom. The summed E-state index contributed by atoms with van der Waals surface area (Å²) in [7, 11) is 0. The van der Waals surface area contributed by atoms with Crippen molar-refractivity contribution in [3.05, 3.63) is 11.6 Å². The molecule has 1 saturated carbocycles. The molecule has 0 aromatic rings. The van der Waals surface area contributed by atoms with Crippen LogP contribution in [0.5, 0.6) is 0 Å². The smallest absolute Gasteiger partial charge is 0.225 e. The molecule has 0 aliphatic heterocycles. The topological polar surface area (TPSA) is 17.1 Å². The molecule has 2 unspecified atom stereocenters. The van der Waals surface area contributed by atoms with E-state index in [0.29, 0.717) is 17.8 Å². The average Bonchev–Trinajstić information content (AvgIpc) is 2.64. The number of halogens is 1. The van der Waals surface area contributed by atoms with Crippen molar-refractivity contribution in [1.29, 1.82) is 0 Å². The van der Waals surface area contributed by atoms with Crippen LogP contribution in [0.3, 0.4) is 0 Å². The fourth-order valence-corrected chi connectivity index (χ4v) is 3.36. The van der Waals surface area contributed by atoms with Gasteiger partial charge >= 0.3 is 0 Å². The van der Waals surface area contributed by atoms with E-state index in [4.69, 9.17) is 11.6 Å². The van der Waals surface area contributed by atoms with Gasteiger partial charge in [0.2, 0.25) is 5.24 Å². The fourth-order valence-electron chi connectivity index (χ4n) is 2.94. The molecule has 1 aliphatic carbocycles. The van der Waals surface area contributed by atoms with Gasteiger partial charge in [-0.2, -0.15) is 0 Å². The van der Waals surface area contributed by atoms with Crippen LogP contribution in [0, 0.1) is 29.1 Å². The molecule has 1 rings (SSSR count). The SMILES string of the molecule is CC(C)CC(=CC1C(C(=O)Cl)C1(C)C)CC(C)C. The molecule has 104 valence electrons. The monoisotopic (exact) mass is 270 g/mol. The molecule has 0 radical (unpaired) electrons. The summed E-state index contributed by atoms with van der Waals surface area (Å²) in [5.41, 5.74) is 1.55. The Hall–Kier alpha value is -0.300. The predicted molar refractivity (Wildman–Crippen MR) is 78.6 cm³/mol. The van der Waals surface area contributed by atoms with Crippen LogP contribution in [0.15, 0.2) is 11.6 Å². The summed E-state index contributed by atoms with van der Waals surface area (Å²) >= 11 is 5.68. The minimum Gasteiger partial charge on any atom is -0.281 e. The third kappa shape index (κ3) is 3.85. The standard InChI is InChI=1S/C16H27ClO/c1-10(2)7-12(8-11(3)4)9-13-14(15(17)18)16(13,5)6/h9-11,13-14H,7-8H2,1-6H3. The first kappa shape index (κ1) is 15.8. The van der Waals surface area contributed by atoms with Gasteiger partial charge in [0, 0.05) is 5.92 Å². The third-order valence-corrected chi connectivity index (χ3v) is 4.15. The molecule has 0 saturated heterocycles. The minimum atomic E-state index is -0.172. The lowest BCUT2D eigenvalue weighted by atomic mass is 9.93. The lowest BCUT2D eigenvalue weighted by Gasteiger charge is -2.13. The Labute approximate surface area is 117 Å². The van der Waals surface area contributed by atoms with Gasteiger partial charge in [-0.25, -0.2) is 0 Å². The molecule has 1 aliphatic rings. The van der Waals surface area contributed by atoms with Crippen molar-refractivity contribution in [3.63, 3.8) is 0 Å². The Morgan fingerprint density at radius 2 is 1.61 bits per heavy atom. The maximum atomic E-state index is 11.4. The van der Waals surface area contributed by atoms with E-state index in [-0.39, 0.29) is 16.6 Å². The first-order valence-electron chi connectivity index (χ1n) is 7.05. The molecule has 0 aromatic carbocycles. The van der Waals surface area contributed by atoms with Crippen molar-refractivity contribution in [2.24, 2.45) is 29.1 Å². The Balaban J connectivity index is 2.80. The van der Waals surface area contributed by atoms with Crippen LogP contribution in [0.4, 0.5) is 0 Å². The van der Waals surface area contributed by atoms with Crippen LogP contribution in [0.1, 0.15) is 54.4 Å². The first-order chi connectivity index (χ1) is 8.16. The second-order valence-electron chi connectivity index (χ2n) is 7.15. The third-order valence-electron chi connectivity index (χ3n) is 3.91. The van der Waals surface area contributed by atoms with Gasteiger partial charge < -0.3 is 0 Å². The summed E-state index contributed by atoms with van der Waals surface area (Å²) in [6.07, 6.45) is 4.60. The van der Waals surface area contributed by atoms with E-state index in [9.17, 15) is 4.79 Å². The highest BCUT2D eigenvalue weighted by molar-refractivity contribution is 6.64. The number of rotatable bonds is 6. The lowest BCUT2D eigenvalue weighted by Crippen LogP contribution is -1.98. The van der Waals surface area contributed by atoms with Gasteiger partial charge in [0.05, 0.1) is 0 Å². The van der Waals surface area contributed by atoms with Crippen molar-refractivity contribution in [2.45, 2.75) is 54.4 Å². The van der Waals surface area contributed by atoms with E-state index in [2.05, 4.69) is 47.6 Å². The van der Waals surface area contributed by atoms with Crippen molar-refractivity contribution in [2.75, 3.05) is 0 Å². The lowest BCUT2D eigenvalue weighted by molar-refractivity contribution is -0.113. The van der Waals surface area contributed by atoms with Crippen LogP contribution in [-0.4, -0.2) is 5.24 Å². The number of carbonyl (C=O) groups excluding carboxylic acids is 1. The molecule has 0 amide bonds. The van der Waals surface area contributed by atoms with E-state index in [1.165, 1.54) is 5.57 Å². The van der Waals surface area contributed by atoms with Crippen molar-refractivity contribution in [3.8, 4) is 0 Å². The summed E-state index contributed by atoms with van der Waals surface area (Å²) in [5.74, 6) is 1.70. The highest BCUT2D eigenvalue weighted by Crippen LogP contribution is 2.60. The maximum Gasteiger partial charge on any atom is 0.225 e. The molecule has 1 nitrogen and oxygen atoms in total. The molecular formula is C16H27ClO. The van der Waals surface area contributed by atoms with Crippen molar-refractivity contribution in [1.82, 2.24) is 0 Å². The van der Waals surface area contributed by atoms with Gasteiger partial charge in [0.1, 0.15) is 0 Å². The van der Waals surface area contributed by atoms with E-state index >= 15 is 0 Å². The van der Waals surface area contributed by atoms with Crippen LogP contribution < -0.4 is 0 Å². The second kappa shape index (κ2) is 5.77. The van der Waals surface area contributed by atoms with E-state index in [1.807, 2.05) is 0 Å². The van der Waals surface area contributed by atoms with Crippen molar-refractivity contribution >= 4 is 16.8 Å². The van der Waals surface area contributed by atoms with Crippen LogP contribution >= 0.6 is 11.6 Å². The minimum absolute atomic E-state index is 0.0218. The van der Waals surface area contributed by atoms with Crippen LogP contribution in [-0.2, 0) is 4.79 Å². The zero-order valence-corrected chi connectivity index (χ0v) is 13.3. The van der Waals surface area contributed by atoms with Crippen LogP contribution in [0.25, 0.3) is 0 Å². The molecule has 2 heteroatoms. The summed E-state index contributed by atoms with van der Waals surface area (Å²) in [6, 6.07) is 0. The summed E-state index contributed by atoms with van der Waals surface area (Å²) in [6.45, 7) is 13.3. The Kier molecular flexibility index (Phi) is 5.05. The van der Waals surface area contributed by atoms with Crippen molar-refractivity contribution < 1.29 is 4.79 Å². The van der Waals surface area contributed by atoms with Gasteiger partial charge in [-0.1, -0.05) is 53.2 Å². The number of carbonyl (C=O) groups is 1. The molecule has 0 bridgehead atoms. The molecule has 18 heavy (non-hydrogen) atoms. The highest BCUT2D eigenvalue weighted by atomic mass is 35.5. The highest BCUT2D eigenvalue weighted by Gasteiger charge is 2.59. The average molecular weight is 271 g/mol. The molecule has 0 spiro atoms. The number of hydrogen-bond acceptors (Lipinski definition) is 1. The van der Waals surface area contributed by atoms with E-state index in [1.54, 1.807) is 0 Å². The number of allylic oxidation sites excluding steroid dienone is 2. The number of hydrogen-bond donors (Lipinski definition) is 0. The Morgan fingerprint density at radius 1 is 1.17 bits per heavy atom. The molecule has 0 heterocycles. The first-order valence-corrected chi connectivity index (χ1v) is 7.43. The largest absolute Gasteiger partial charge is 0.281 e. The van der Waals surface area contributed by atoms with Gasteiger partial charge in [0.15, 0.2) is 0 Å². The summed E-state index contributed by atoms with van der Waals surface area (Å²) < 4.78 is 0. The molecule has 1 fully saturated rings. The summed E-state index contributed by atoms with van der Waals surface area (Å²) in [5, 5.41) is -0.172. The second-order valence-corrected chi connectivity index (χ2v) is 7.52. The summed E-state index contributed by atoms with van der Waals surface area (Å²) in [4.78, 5) is 11.4. The molecule has 0 aromatic heterocycles. The molecule has 0 N–H and O–H groups in total. The maximum absolute atomic E-state index is 11.4. The van der Waals surface area contributed by atoms with Gasteiger partial charge in [0.25, 0.3) is 0 Å². The van der Waals surface area contributed by atoms with E-state index in [0.717, 1.165) is 12.8 Å². The van der Waals surface area contributed by atoms with Crippen LogP contribution in [0.2, 0.25) is 0 Å². The fraction of sp³-hybridized carbons (Fsp3) is 0.812. The van der Waals surface area contributed by atoms with E-state index < -0.39 is 0 Å². The molecular weight excluding hydrogens is 244 g/mol. The zero-order valence-electron chi connectivity index (χ0n) is 12.6. The Bertz CT molecular complexity index is 327. The van der Waals surface area contributed by atoms with Gasteiger partial charge in [-0.3, -0.25) is 4.79 Å². The van der Waals surface area contributed by atoms with Gasteiger partial charge in [-0.05, 0) is 47.6 Å².